The van der Waals surface area contributed by atoms with Gasteiger partial charge in [0.2, 0.25) is 0 Å². The van der Waals surface area contributed by atoms with Crippen molar-refractivity contribution in [2.45, 2.75) is 46.6 Å². The molecule has 2 fully saturated rings. The molecule has 0 heterocycles. The fraction of sp³-hybridized carbons (Fsp3) is 0.800. The summed E-state index contributed by atoms with van der Waals surface area (Å²) in [6.45, 7) is 9.02. The van der Waals surface area contributed by atoms with E-state index in [1.54, 1.807) is 6.08 Å². The Morgan fingerprint density at radius 1 is 1.39 bits per heavy atom. The molecule has 5 atom stereocenters. The summed E-state index contributed by atoms with van der Waals surface area (Å²) < 4.78 is 0. The average molecular weight is 250 g/mol. The number of carbonyl (C=O) groups is 1. The SMILES string of the molecule is CC1CC(=O)C=C2C(OO)CC3C(C3(C)C)C21C. The molecule has 3 aliphatic rings. The van der Waals surface area contributed by atoms with Gasteiger partial charge < -0.3 is 0 Å². The first-order valence-electron chi connectivity index (χ1n) is 6.88. The van der Waals surface area contributed by atoms with Gasteiger partial charge in [0.05, 0.1) is 0 Å². The number of carbonyl (C=O) groups excluding carboxylic acids is 1. The van der Waals surface area contributed by atoms with E-state index in [2.05, 4.69) is 27.7 Å². The number of rotatable bonds is 1. The Kier molecular flexibility index (Phi) is 2.37. The quantitative estimate of drug-likeness (QED) is 0.574. The minimum absolute atomic E-state index is 0.00766. The number of hydrogen-bond donors (Lipinski definition) is 1. The molecule has 3 aliphatic carbocycles. The summed E-state index contributed by atoms with van der Waals surface area (Å²) in [7, 11) is 0. The standard InChI is InChI=1S/C15H22O3/c1-8-5-9(16)6-10-12(18-17)7-11-13(14(11,2)3)15(8,10)4/h6,8,11-13,17H,5,7H2,1-4H3. The van der Waals surface area contributed by atoms with E-state index in [-0.39, 0.29) is 17.3 Å². The fourth-order valence-electron chi connectivity index (χ4n) is 4.94. The topological polar surface area (TPSA) is 46.5 Å². The van der Waals surface area contributed by atoms with Crippen LogP contribution in [0.15, 0.2) is 11.6 Å². The van der Waals surface area contributed by atoms with Crippen LogP contribution in [0.25, 0.3) is 0 Å². The van der Waals surface area contributed by atoms with E-state index in [1.807, 2.05) is 0 Å². The summed E-state index contributed by atoms with van der Waals surface area (Å²) in [5.74, 6) is 1.73. The summed E-state index contributed by atoms with van der Waals surface area (Å²) in [6.07, 6.45) is 2.92. The Balaban J connectivity index is 2.10. The largest absolute Gasteiger partial charge is 0.295 e. The molecule has 0 bridgehead atoms. The molecule has 2 saturated carbocycles. The van der Waals surface area contributed by atoms with Gasteiger partial charge in [-0.15, -0.1) is 0 Å². The number of fused-ring (bicyclic) bond motifs is 3. The lowest BCUT2D eigenvalue weighted by molar-refractivity contribution is -0.277. The van der Waals surface area contributed by atoms with E-state index < -0.39 is 0 Å². The molecule has 3 nitrogen and oxygen atoms in total. The second-order valence-corrected chi connectivity index (χ2v) is 7.19. The summed E-state index contributed by atoms with van der Waals surface area (Å²) in [4.78, 5) is 16.5. The van der Waals surface area contributed by atoms with Gasteiger partial charge in [0.25, 0.3) is 0 Å². The highest BCUT2D eigenvalue weighted by atomic mass is 17.1. The average Bonchev–Trinajstić information content (AvgIpc) is 2.84. The first-order valence-corrected chi connectivity index (χ1v) is 6.88. The van der Waals surface area contributed by atoms with Gasteiger partial charge in [-0.1, -0.05) is 27.7 Å². The number of hydrogen-bond acceptors (Lipinski definition) is 3. The zero-order valence-electron chi connectivity index (χ0n) is 11.6. The van der Waals surface area contributed by atoms with Crippen molar-refractivity contribution in [1.82, 2.24) is 0 Å². The highest BCUT2D eigenvalue weighted by Crippen LogP contribution is 2.75. The minimum atomic E-state index is -0.287. The van der Waals surface area contributed by atoms with Crippen LogP contribution in [0.4, 0.5) is 0 Å². The Morgan fingerprint density at radius 2 is 2.06 bits per heavy atom. The lowest BCUT2D eigenvalue weighted by Gasteiger charge is -2.46. The molecule has 0 saturated heterocycles. The maximum Gasteiger partial charge on any atom is 0.156 e. The van der Waals surface area contributed by atoms with E-state index in [0.717, 1.165) is 12.0 Å². The van der Waals surface area contributed by atoms with Crippen molar-refractivity contribution in [1.29, 1.82) is 0 Å². The van der Waals surface area contributed by atoms with Crippen molar-refractivity contribution in [2.24, 2.45) is 28.6 Å². The number of allylic oxidation sites excluding steroid dienone is 1. The van der Waals surface area contributed by atoms with Crippen molar-refractivity contribution >= 4 is 5.78 Å². The Hall–Kier alpha value is -0.670. The molecule has 0 spiro atoms. The zero-order valence-corrected chi connectivity index (χ0v) is 11.6. The predicted molar refractivity (Wildman–Crippen MR) is 67.9 cm³/mol. The molecule has 100 valence electrons. The molecule has 1 N–H and O–H groups in total. The van der Waals surface area contributed by atoms with Gasteiger partial charge >= 0.3 is 0 Å². The van der Waals surface area contributed by atoms with Crippen molar-refractivity contribution < 1.29 is 14.9 Å². The van der Waals surface area contributed by atoms with Crippen LogP contribution < -0.4 is 0 Å². The van der Waals surface area contributed by atoms with Crippen LogP contribution in [0.1, 0.15) is 40.5 Å². The van der Waals surface area contributed by atoms with Crippen LogP contribution in [0.3, 0.4) is 0 Å². The monoisotopic (exact) mass is 250 g/mol. The van der Waals surface area contributed by atoms with E-state index in [4.69, 9.17) is 4.89 Å². The minimum Gasteiger partial charge on any atom is -0.295 e. The maximum atomic E-state index is 11.8. The van der Waals surface area contributed by atoms with Crippen LogP contribution in [0.5, 0.6) is 0 Å². The lowest BCUT2D eigenvalue weighted by atomic mass is 9.59. The van der Waals surface area contributed by atoms with Gasteiger partial charge in [-0.3, -0.25) is 10.1 Å². The molecule has 5 unspecified atom stereocenters. The second kappa shape index (κ2) is 3.45. The summed E-state index contributed by atoms with van der Waals surface area (Å²) in [6, 6.07) is 0. The summed E-state index contributed by atoms with van der Waals surface area (Å²) >= 11 is 0. The highest BCUT2D eigenvalue weighted by molar-refractivity contribution is 5.92. The van der Waals surface area contributed by atoms with Gasteiger partial charge in [0, 0.05) is 6.42 Å². The zero-order chi connectivity index (χ0) is 13.3. The molecular formula is C15H22O3. The molecule has 0 aromatic carbocycles. The lowest BCUT2D eigenvalue weighted by Crippen LogP contribution is -2.44. The van der Waals surface area contributed by atoms with Gasteiger partial charge in [0.15, 0.2) is 5.78 Å². The van der Waals surface area contributed by atoms with Crippen molar-refractivity contribution in [2.75, 3.05) is 0 Å². The maximum absolute atomic E-state index is 11.8. The normalized spacial score (nSPS) is 49.2. The molecule has 3 heteroatoms. The molecule has 0 aromatic rings. The summed E-state index contributed by atoms with van der Waals surface area (Å²) in [5.41, 5.74) is 1.34. The fourth-order valence-corrected chi connectivity index (χ4v) is 4.94. The van der Waals surface area contributed by atoms with Crippen LogP contribution in [-0.2, 0) is 9.68 Å². The molecule has 0 aromatic heterocycles. The Bertz CT molecular complexity index is 437. The van der Waals surface area contributed by atoms with Crippen LogP contribution in [-0.4, -0.2) is 17.1 Å². The third kappa shape index (κ3) is 1.29. The van der Waals surface area contributed by atoms with E-state index >= 15 is 0 Å². The smallest absolute Gasteiger partial charge is 0.156 e. The molecule has 18 heavy (non-hydrogen) atoms. The van der Waals surface area contributed by atoms with Crippen molar-refractivity contribution in [3.63, 3.8) is 0 Å². The van der Waals surface area contributed by atoms with Gasteiger partial charge in [-0.25, -0.2) is 4.89 Å². The molecular weight excluding hydrogens is 228 g/mol. The molecule has 0 aliphatic heterocycles. The molecule has 0 amide bonds. The summed E-state index contributed by atoms with van der Waals surface area (Å²) in [5, 5.41) is 9.17. The second-order valence-electron chi connectivity index (χ2n) is 7.19. The van der Waals surface area contributed by atoms with Gasteiger partial charge in [-0.2, -0.15) is 0 Å². The molecule has 3 rings (SSSR count). The van der Waals surface area contributed by atoms with Crippen molar-refractivity contribution in [3.05, 3.63) is 11.6 Å². The first-order chi connectivity index (χ1) is 8.33. The van der Waals surface area contributed by atoms with E-state index in [1.165, 1.54) is 0 Å². The van der Waals surface area contributed by atoms with Gasteiger partial charge in [-0.05, 0) is 46.7 Å². The van der Waals surface area contributed by atoms with Crippen molar-refractivity contribution in [3.8, 4) is 0 Å². The Morgan fingerprint density at radius 3 is 2.67 bits per heavy atom. The third-order valence-corrected chi connectivity index (χ3v) is 6.11. The highest BCUT2D eigenvalue weighted by Gasteiger charge is 2.71. The van der Waals surface area contributed by atoms with Crippen LogP contribution in [0, 0.1) is 28.6 Å². The first kappa shape index (κ1) is 12.4. The Labute approximate surface area is 108 Å². The predicted octanol–water partition coefficient (Wildman–Crippen LogP) is 3.06. The van der Waals surface area contributed by atoms with Crippen LogP contribution in [0.2, 0.25) is 0 Å². The molecule has 0 radical (unpaired) electrons. The number of ketones is 1. The van der Waals surface area contributed by atoms with Gasteiger partial charge in [0.1, 0.15) is 6.10 Å². The third-order valence-electron chi connectivity index (χ3n) is 6.11. The van der Waals surface area contributed by atoms with E-state index in [9.17, 15) is 10.1 Å². The van der Waals surface area contributed by atoms with Crippen LogP contribution >= 0.6 is 0 Å². The van der Waals surface area contributed by atoms with E-state index in [0.29, 0.717) is 29.6 Å².